The maximum atomic E-state index is 11.5. The summed E-state index contributed by atoms with van der Waals surface area (Å²) in [5.41, 5.74) is 6.36. The van der Waals surface area contributed by atoms with Gasteiger partial charge in [-0.2, -0.15) is 0 Å². The number of carbonyl (C=O) groups excluding carboxylic acids is 1. The second kappa shape index (κ2) is 4.02. The monoisotopic (exact) mass is 255 g/mol. The Morgan fingerprint density at radius 3 is 2.42 bits per heavy atom. The molecule has 1 unspecified atom stereocenters. The number of nitrogens with two attached hydrogens (primary N) is 1. The van der Waals surface area contributed by atoms with E-state index in [1.807, 2.05) is 0 Å². The first-order chi connectivity index (χ1) is 9.11. The highest BCUT2D eigenvalue weighted by atomic mass is 16.3. The number of carbonyl (C=O) groups is 1. The van der Waals surface area contributed by atoms with Gasteiger partial charge in [0.15, 0.2) is 0 Å². The molecule has 1 aliphatic rings. The Bertz CT molecular complexity index is 719. The molecule has 1 amide bonds. The molecule has 4 N–H and O–H groups in total. The van der Waals surface area contributed by atoms with E-state index in [0.717, 1.165) is 0 Å². The molecule has 0 aliphatic heterocycles. The standard InChI is InChI=1S/C15H13NO3/c16-15(19)11-7-3-6-10-12(11)14(18)9-5-2-1-4-8(9)13(10)17/h1-5,7,11,17-18H,6H2,(H2,16,19). The number of fused-ring (bicyclic) bond motifs is 2. The molecule has 4 nitrogen and oxygen atoms in total. The third-order valence-electron chi connectivity index (χ3n) is 3.57. The van der Waals surface area contributed by atoms with E-state index in [2.05, 4.69) is 0 Å². The van der Waals surface area contributed by atoms with Crippen LogP contribution in [-0.2, 0) is 11.2 Å². The van der Waals surface area contributed by atoms with Crippen molar-refractivity contribution in [1.29, 1.82) is 0 Å². The lowest BCUT2D eigenvalue weighted by Gasteiger charge is -2.22. The number of aromatic hydroxyl groups is 2. The molecular formula is C15H13NO3. The quantitative estimate of drug-likeness (QED) is 0.537. The number of benzene rings is 2. The summed E-state index contributed by atoms with van der Waals surface area (Å²) in [6.07, 6.45) is 3.92. The number of phenolic OH excluding ortho intramolecular Hbond substituents is 2. The summed E-state index contributed by atoms with van der Waals surface area (Å²) < 4.78 is 0. The highest BCUT2D eigenvalue weighted by Crippen LogP contribution is 2.45. The van der Waals surface area contributed by atoms with Gasteiger partial charge in [0, 0.05) is 21.9 Å². The summed E-state index contributed by atoms with van der Waals surface area (Å²) in [7, 11) is 0. The molecule has 3 rings (SSSR count). The number of rotatable bonds is 1. The maximum Gasteiger partial charge on any atom is 0.228 e. The molecule has 0 saturated heterocycles. The van der Waals surface area contributed by atoms with Gasteiger partial charge < -0.3 is 15.9 Å². The molecule has 19 heavy (non-hydrogen) atoms. The van der Waals surface area contributed by atoms with Crippen LogP contribution in [0.2, 0.25) is 0 Å². The molecule has 1 aliphatic carbocycles. The van der Waals surface area contributed by atoms with Gasteiger partial charge in [0.1, 0.15) is 11.5 Å². The molecule has 0 spiro atoms. The zero-order chi connectivity index (χ0) is 13.6. The van der Waals surface area contributed by atoms with Gasteiger partial charge in [-0.15, -0.1) is 0 Å². The second-order valence-electron chi connectivity index (χ2n) is 4.65. The van der Waals surface area contributed by atoms with Crippen molar-refractivity contribution in [2.24, 2.45) is 5.73 Å². The van der Waals surface area contributed by atoms with Crippen LogP contribution in [0.15, 0.2) is 36.4 Å². The number of allylic oxidation sites excluding steroid dienone is 1. The second-order valence-corrected chi connectivity index (χ2v) is 4.65. The van der Waals surface area contributed by atoms with Crippen molar-refractivity contribution in [2.75, 3.05) is 0 Å². The van der Waals surface area contributed by atoms with E-state index in [4.69, 9.17) is 5.73 Å². The van der Waals surface area contributed by atoms with E-state index in [9.17, 15) is 15.0 Å². The van der Waals surface area contributed by atoms with E-state index in [0.29, 0.717) is 28.3 Å². The average Bonchev–Trinajstić information content (AvgIpc) is 2.44. The van der Waals surface area contributed by atoms with Gasteiger partial charge in [-0.25, -0.2) is 0 Å². The maximum absolute atomic E-state index is 11.5. The van der Waals surface area contributed by atoms with Crippen LogP contribution in [0.1, 0.15) is 17.0 Å². The lowest BCUT2D eigenvalue weighted by Crippen LogP contribution is -2.22. The average molecular weight is 255 g/mol. The summed E-state index contributed by atoms with van der Waals surface area (Å²) in [6.45, 7) is 0. The van der Waals surface area contributed by atoms with Crippen molar-refractivity contribution in [2.45, 2.75) is 12.3 Å². The van der Waals surface area contributed by atoms with Gasteiger partial charge in [-0.05, 0) is 6.42 Å². The van der Waals surface area contributed by atoms with Crippen LogP contribution in [0.3, 0.4) is 0 Å². The van der Waals surface area contributed by atoms with Crippen LogP contribution in [0.5, 0.6) is 11.5 Å². The molecule has 0 saturated carbocycles. The molecule has 2 aromatic rings. The Balaban J connectivity index is 2.42. The lowest BCUT2D eigenvalue weighted by molar-refractivity contribution is -0.118. The van der Waals surface area contributed by atoms with Crippen molar-refractivity contribution in [1.82, 2.24) is 0 Å². The number of hydrogen-bond acceptors (Lipinski definition) is 3. The minimum absolute atomic E-state index is 0.0246. The fraction of sp³-hybridized carbons (Fsp3) is 0.133. The summed E-state index contributed by atoms with van der Waals surface area (Å²) in [5.74, 6) is -1.10. The Labute approximate surface area is 109 Å². The van der Waals surface area contributed by atoms with E-state index in [1.54, 1.807) is 36.4 Å². The number of primary amides is 1. The van der Waals surface area contributed by atoms with Crippen molar-refractivity contribution < 1.29 is 15.0 Å². The summed E-state index contributed by atoms with van der Waals surface area (Å²) in [6, 6.07) is 7.01. The summed E-state index contributed by atoms with van der Waals surface area (Å²) in [4.78, 5) is 11.5. The smallest absolute Gasteiger partial charge is 0.228 e. The number of hydrogen-bond donors (Lipinski definition) is 3. The Morgan fingerprint density at radius 2 is 1.79 bits per heavy atom. The molecule has 4 heteroatoms. The molecule has 0 bridgehead atoms. The van der Waals surface area contributed by atoms with E-state index in [1.165, 1.54) is 0 Å². The summed E-state index contributed by atoms with van der Waals surface area (Å²) >= 11 is 0. The Hall–Kier alpha value is -2.49. The molecule has 2 aromatic carbocycles. The first kappa shape index (κ1) is 11.6. The molecular weight excluding hydrogens is 242 g/mol. The molecule has 0 heterocycles. The van der Waals surface area contributed by atoms with Crippen LogP contribution in [0, 0.1) is 0 Å². The SMILES string of the molecule is NC(=O)C1C=CCc2c1c(O)c1ccccc1c2O. The van der Waals surface area contributed by atoms with E-state index >= 15 is 0 Å². The van der Waals surface area contributed by atoms with Gasteiger partial charge in [-0.3, -0.25) is 4.79 Å². The zero-order valence-electron chi connectivity index (χ0n) is 10.1. The topological polar surface area (TPSA) is 83.6 Å². The van der Waals surface area contributed by atoms with Crippen molar-refractivity contribution in [3.63, 3.8) is 0 Å². The summed E-state index contributed by atoms with van der Waals surface area (Å²) in [5, 5.41) is 21.8. The fourth-order valence-electron chi connectivity index (χ4n) is 2.67. The van der Waals surface area contributed by atoms with Crippen LogP contribution >= 0.6 is 0 Å². The lowest BCUT2D eigenvalue weighted by atomic mass is 9.84. The third kappa shape index (κ3) is 1.57. The molecule has 0 aromatic heterocycles. The number of phenols is 2. The zero-order valence-corrected chi connectivity index (χ0v) is 10.1. The van der Waals surface area contributed by atoms with Crippen LogP contribution < -0.4 is 5.73 Å². The van der Waals surface area contributed by atoms with Crippen molar-refractivity contribution in [3.05, 3.63) is 47.5 Å². The van der Waals surface area contributed by atoms with Crippen LogP contribution in [0.25, 0.3) is 10.8 Å². The molecule has 0 fully saturated rings. The minimum Gasteiger partial charge on any atom is -0.507 e. The first-order valence-corrected chi connectivity index (χ1v) is 6.02. The molecule has 0 radical (unpaired) electrons. The predicted octanol–water partition coefficient (Wildman–Crippen LogP) is 1.93. The van der Waals surface area contributed by atoms with Crippen LogP contribution in [0.4, 0.5) is 0 Å². The fourth-order valence-corrected chi connectivity index (χ4v) is 2.67. The number of amides is 1. The van der Waals surface area contributed by atoms with Gasteiger partial charge in [0.2, 0.25) is 5.91 Å². The van der Waals surface area contributed by atoms with Gasteiger partial charge in [0.25, 0.3) is 0 Å². The van der Waals surface area contributed by atoms with E-state index < -0.39 is 11.8 Å². The van der Waals surface area contributed by atoms with Gasteiger partial charge in [0.05, 0.1) is 5.92 Å². The highest BCUT2D eigenvalue weighted by Gasteiger charge is 2.28. The first-order valence-electron chi connectivity index (χ1n) is 6.02. The largest absolute Gasteiger partial charge is 0.507 e. The van der Waals surface area contributed by atoms with Gasteiger partial charge in [-0.1, -0.05) is 36.4 Å². The van der Waals surface area contributed by atoms with Crippen molar-refractivity contribution in [3.8, 4) is 11.5 Å². The van der Waals surface area contributed by atoms with Gasteiger partial charge >= 0.3 is 0 Å². The Kier molecular flexibility index (Phi) is 2.45. The normalized spacial score (nSPS) is 17.4. The molecule has 96 valence electrons. The molecule has 1 atom stereocenters. The van der Waals surface area contributed by atoms with Crippen LogP contribution in [-0.4, -0.2) is 16.1 Å². The third-order valence-corrected chi connectivity index (χ3v) is 3.57. The van der Waals surface area contributed by atoms with Crippen molar-refractivity contribution >= 4 is 16.7 Å². The minimum atomic E-state index is -0.695. The van der Waals surface area contributed by atoms with E-state index in [-0.39, 0.29) is 11.5 Å². The Morgan fingerprint density at radius 1 is 1.16 bits per heavy atom. The predicted molar refractivity (Wildman–Crippen MR) is 72.1 cm³/mol. The highest BCUT2D eigenvalue weighted by molar-refractivity contribution is 5.98.